The van der Waals surface area contributed by atoms with E-state index in [0.717, 1.165) is 10.7 Å². The summed E-state index contributed by atoms with van der Waals surface area (Å²) in [5.41, 5.74) is 0.975. The molecule has 0 bridgehead atoms. The maximum absolute atomic E-state index is 11.8. The monoisotopic (exact) mass is 257 g/mol. The Morgan fingerprint density at radius 1 is 1.41 bits per heavy atom. The van der Waals surface area contributed by atoms with Crippen LogP contribution in [0.2, 0.25) is 0 Å². The van der Waals surface area contributed by atoms with Gasteiger partial charge >= 0.3 is 6.03 Å². The van der Waals surface area contributed by atoms with Gasteiger partial charge in [-0.15, -0.1) is 0 Å². The maximum atomic E-state index is 11.8. The lowest BCUT2D eigenvalue weighted by Crippen LogP contribution is -2.37. The van der Waals surface area contributed by atoms with Crippen LogP contribution in [0.1, 0.15) is 26.5 Å². The van der Waals surface area contributed by atoms with Crippen molar-refractivity contribution < 1.29 is 9.63 Å². The molecule has 0 N–H and O–H groups in total. The topological polar surface area (TPSA) is 45.7 Å². The van der Waals surface area contributed by atoms with Gasteiger partial charge in [-0.05, 0) is 17.6 Å². The molecule has 6 heteroatoms. The van der Waals surface area contributed by atoms with Crippen LogP contribution in [0, 0.1) is 0 Å². The molecule has 17 heavy (non-hydrogen) atoms. The third-order valence-electron chi connectivity index (χ3n) is 2.43. The standard InChI is InChI=1S/C11H19N3O2S/c1-11(2,3)8-7-9(17-12-8)13(4)10(15)14(5)16-6/h7H,1-6H3. The number of urea groups is 1. The van der Waals surface area contributed by atoms with E-state index in [1.165, 1.54) is 28.6 Å². The summed E-state index contributed by atoms with van der Waals surface area (Å²) in [6.07, 6.45) is 0. The Kier molecular flexibility index (Phi) is 4.11. The van der Waals surface area contributed by atoms with Crippen molar-refractivity contribution in [3.05, 3.63) is 11.8 Å². The molecule has 0 aliphatic rings. The van der Waals surface area contributed by atoms with Gasteiger partial charge in [-0.2, -0.15) is 4.37 Å². The van der Waals surface area contributed by atoms with Crippen LogP contribution in [-0.2, 0) is 10.3 Å². The number of carbonyl (C=O) groups is 1. The second-order valence-electron chi connectivity index (χ2n) is 4.82. The molecule has 0 fully saturated rings. The van der Waals surface area contributed by atoms with Crippen LogP contribution in [0.3, 0.4) is 0 Å². The Hall–Kier alpha value is -1.14. The molecule has 0 saturated heterocycles. The van der Waals surface area contributed by atoms with Gasteiger partial charge in [0.15, 0.2) is 0 Å². The molecule has 1 aromatic heterocycles. The molecule has 0 spiro atoms. The van der Waals surface area contributed by atoms with Gasteiger partial charge in [0.2, 0.25) is 0 Å². The third kappa shape index (κ3) is 3.17. The van der Waals surface area contributed by atoms with E-state index < -0.39 is 0 Å². The van der Waals surface area contributed by atoms with E-state index >= 15 is 0 Å². The van der Waals surface area contributed by atoms with Gasteiger partial charge in [-0.1, -0.05) is 20.8 Å². The number of carbonyl (C=O) groups excluding carboxylic acids is 1. The highest BCUT2D eigenvalue weighted by Gasteiger charge is 2.22. The summed E-state index contributed by atoms with van der Waals surface area (Å²) in [5.74, 6) is 0. The van der Waals surface area contributed by atoms with E-state index in [1.54, 1.807) is 14.1 Å². The summed E-state index contributed by atoms with van der Waals surface area (Å²) in [6.45, 7) is 6.28. The van der Waals surface area contributed by atoms with Gasteiger partial charge in [-0.25, -0.2) is 9.86 Å². The number of hydroxylamine groups is 2. The molecular weight excluding hydrogens is 238 g/mol. The van der Waals surface area contributed by atoms with Crippen molar-refractivity contribution in [2.24, 2.45) is 0 Å². The van der Waals surface area contributed by atoms with Crippen molar-refractivity contribution in [2.45, 2.75) is 26.2 Å². The number of rotatable bonds is 2. The van der Waals surface area contributed by atoms with Gasteiger partial charge in [0, 0.05) is 19.5 Å². The SMILES string of the molecule is CON(C)C(=O)N(C)c1cc(C(C)(C)C)ns1. The zero-order chi connectivity index (χ0) is 13.2. The van der Waals surface area contributed by atoms with Crippen molar-refractivity contribution in [1.29, 1.82) is 0 Å². The molecule has 0 radical (unpaired) electrons. The van der Waals surface area contributed by atoms with Crippen LogP contribution in [0.15, 0.2) is 6.07 Å². The van der Waals surface area contributed by atoms with Gasteiger partial charge in [0.25, 0.3) is 0 Å². The van der Waals surface area contributed by atoms with Crippen LogP contribution in [0.5, 0.6) is 0 Å². The Bertz CT molecular complexity index is 398. The highest BCUT2D eigenvalue weighted by Crippen LogP contribution is 2.29. The van der Waals surface area contributed by atoms with Crippen LogP contribution in [-0.4, -0.2) is 36.7 Å². The molecule has 0 unspecified atom stereocenters. The predicted octanol–water partition coefficient (Wildman–Crippen LogP) is 2.49. The summed E-state index contributed by atoms with van der Waals surface area (Å²) in [6, 6.07) is 1.71. The first-order valence-electron chi connectivity index (χ1n) is 5.30. The van der Waals surface area contributed by atoms with Gasteiger partial charge in [-0.3, -0.25) is 9.74 Å². The Balaban J connectivity index is 2.87. The Morgan fingerprint density at radius 2 is 2.00 bits per heavy atom. The molecule has 1 rings (SSSR count). The van der Waals surface area contributed by atoms with E-state index in [2.05, 4.69) is 25.1 Å². The van der Waals surface area contributed by atoms with Crippen LogP contribution >= 0.6 is 11.5 Å². The minimum Gasteiger partial charge on any atom is -0.285 e. The number of anilines is 1. The summed E-state index contributed by atoms with van der Waals surface area (Å²) in [4.78, 5) is 18.2. The molecule has 5 nitrogen and oxygen atoms in total. The molecule has 96 valence electrons. The molecule has 0 saturated carbocycles. The van der Waals surface area contributed by atoms with Gasteiger partial charge < -0.3 is 0 Å². The van der Waals surface area contributed by atoms with Crippen molar-refractivity contribution in [3.63, 3.8) is 0 Å². The molecular formula is C11H19N3O2S. The molecule has 0 atom stereocenters. The molecule has 0 aliphatic carbocycles. The number of amides is 2. The summed E-state index contributed by atoms with van der Waals surface area (Å²) in [5, 5.41) is 1.99. The average molecular weight is 257 g/mol. The first-order chi connectivity index (χ1) is 7.77. The smallest absolute Gasteiger partial charge is 0.285 e. The molecule has 1 heterocycles. The first kappa shape index (κ1) is 13.9. The van der Waals surface area contributed by atoms with Crippen LogP contribution in [0.4, 0.5) is 9.80 Å². The zero-order valence-electron chi connectivity index (χ0n) is 11.1. The summed E-state index contributed by atoms with van der Waals surface area (Å²) >= 11 is 1.31. The molecule has 1 aromatic rings. The normalized spacial score (nSPS) is 11.4. The minimum absolute atomic E-state index is 0.00814. The number of aromatic nitrogens is 1. The molecule has 0 aliphatic heterocycles. The second kappa shape index (κ2) is 5.01. The first-order valence-corrected chi connectivity index (χ1v) is 6.07. The average Bonchev–Trinajstić information content (AvgIpc) is 2.74. The van der Waals surface area contributed by atoms with Crippen molar-refractivity contribution >= 4 is 22.6 Å². The van der Waals surface area contributed by atoms with Crippen molar-refractivity contribution in [3.8, 4) is 0 Å². The lowest BCUT2D eigenvalue weighted by atomic mass is 9.92. The second-order valence-corrected chi connectivity index (χ2v) is 5.61. The largest absolute Gasteiger partial charge is 0.348 e. The van der Waals surface area contributed by atoms with Crippen LogP contribution in [0.25, 0.3) is 0 Å². The Morgan fingerprint density at radius 3 is 2.41 bits per heavy atom. The quantitative estimate of drug-likeness (QED) is 0.765. The number of hydrogen-bond donors (Lipinski definition) is 0. The highest BCUT2D eigenvalue weighted by atomic mass is 32.1. The number of hydrogen-bond acceptors (Lipinski definition) is 4. The molecule has 2 amide bonds. The van der Waals surface area contributed by atoms with E-state index in [1.807, 2.05) is 6.07 Å². The van der Waals surface area contributed by atoms with E-state index in [9.17, 15) is 4.79 Å². The summed E-state index contributed by atoms with van der Waals surface area (Å²) < 4.78 is 4.36. The van der Waals surface area contributed by atoms with Crippen molar-refractivity contribution in [1.82, 2.24) is 9.44 Å². The van der Waals surface area contributed by atoms with Gasteiger partial charge in [0.05, 0.1) is 12.8 Å². The van der Waals surface area contributed by atoms with Crippen molar-refractivity contribution in [2.75, 3.05) is 26.1 Å². The highest BCUT2D eigenvalue weighted by molar-refractivity contribution is 7.10. The van der Waals surface area contributed by atoms with Gasteiger partial charge in [0.1, 0.15) is 5.00 Å². The van der Waals surface area contributed by atoms with Crippen LogP contribution < -0.4 is 4.90 Å². The Labute approximate surface area is 106 Å². The van der Waals surface area contributed by atoms with E-state index in [-0.39, 0.29) is 11.4 Å². The number of nitrogens with zero attached hydrogens (tertiary/aromatic N) is 3. The minimum atomic E-state index is -0.225. The lowest BCUT2D eigenvalue weighted by Gasteiger charge is -2.21. The fraction of sp³-hybridized carbons (Fsp3) is 0.636. The fourth-order valence-electron chi connectivity index (χ4n) is 1.16. The fourth-order valence-corrected chi connectivity index (χ4v) is 2.04. The molecule has 0 aromatic carbocycles. The van der Waals surface area contributed by atoms with E-state index in [0.29, 0.717) is 0 Å². The van der Waals surface area contributed by atoms with E-state index in [4.69, 9.17) is 4.84 Å². The maximum Gasteiger partial charge on any atom is 0.348 e. The zero-order valence-corrected chi connectivity index (χ0v) is 12.0. The lowest BCUT2D eigenvalue weighted by molar-refractivity contribution is -0.0618. The summed E-state index contributed by atoms with van der Waals surface area (Å²) in [7, 11) is 4.74. The third-order valence-corrected chi connectivity index (χ3v) is 3.29. The predicted molar refractivity (Wildman–Crippen MR) is 69.4 cm³/mol.